The van der Waals surface area contributed by atoms with E-state index in [-0.39, 0.29) is 6.07 Å². The number of nitrogens with one attached hydrogen (secondary N) is 1. The molecule has 2 rings (SSSR count). The first-order chi connectivity index (χ1) is 9.79. The summed E-state index contributed by atoms with van der Waals surface area (Å²) >= 11 is 0. The van der Waals surface area contributed by atoms with E-state index in [1.165, 1.54) is 0 Å². The van der Waals surface area contributed by atoms with Crippen LogP contribution < -0.4 is 5.32 Å². The highest BCUT2D eigenvalue weighted by Crippen LogP contribution is 2.29. The minimum absolute atomic E-state index is 0.00384. The molecule has 21 heavy (non-hydrogen) atoms. The highest BCUT2D eigenvalue weighted by atomic mass is 19.2. The van der Waals surface area contributed by atoms with E-state index in [2.05, 4.69) is 0 Å². The van der Waals surface area contributed by atoms with Gasteiger partial charge in [0.15, 0.2) is 23.3 Å². The van der Waals surface area contributed by atoms with Crippen LogP contribution in [0.5, 0.6) is 0 Å². The maximum atomic E-state index is 13.4. The third-order valence-corrected chi connectivity index (χ3v) is 2.47. The van der Waals surface area contributed by atoms with Gasteiger partial charge in [-0.2, -0.15) is 0 Å². The van der Waals surface area contributed by atoms with Crippen LogP contribution in [0.25, 0.3) is 0 Å². The van der Waals surface area contributed by atoms with Crippen LogP contribution in [0.3, 0.4) is 0 Å². The highest BCUT2D eigenvalue weighted by Gasteiger charge is 2.20. The molecule has 0 radical (unpaired) electrons. The first-order valence-corrected chi connectivity index (χ1v) is 5.34. The molecule has 0 spiro atoms. The Bertz CT molecular complexity index is 710. The standard InChI is InChI=1S/C12H5F5N2O2/c13-5-1-6(3-7(2-5)19(20)21)18-12-10(16)8(14)4-9(15)11(12)17/h1-4,18H. The lowest BCUT2D eigenvalue weighted by Gasteiger charge is -2.10. The van der Waals surface area contributed by atoms with Gasteiger partial charge < -0.3 is 5.32 Å². The Balaban J connectivity index is 2.50. The van der Waals surface area contributed by atoms with Crippen molar-refractivity contribution in [3.8, 4) is 0 Å². The van der Waals surface area contributed by atoms with E-state index in [9.17, 15) is 32.1 Å². The van der Waals surface area contributed by atoms with Gasteiger partial charge in [-0.05, 0) is 6.07 Å². The number of halogens is 5. The number of benzene rings is 2. The van der Waals surface area contributed by atoms with E-state index < -0.39 is 51.1 Å². The number of rotatable bonds is 3. The van der Waals surface area contributed by atoms with Crippen molar-refractivity contribution in [2.45, 2.75) is 0 Å². The van der Waals surface area contributed by atoms with Crippen molar-refractivity contribution in [1.29, 1.82) is 0 Å². The summed E-state index contributed by atoms with van der Waals surface area (Å²) in [7, 11) is 0. The molecule has 0 bridgehead atoms. The van der Waals surface area contributed by atoms with Gasteiger partial charge in [0.2, 0.25) is 0 Å². The number of nitrogens with zero attached hydrogens (tertiary/aromatic N) is 1. The number of hydrogen-bond donors (Lipinski definition) is 1. The van der Waals surface area contributed by atoms with E-state index in [1.807, 2.05) is 5.32 Å². The van der Waals surface area contributed by atoms with Gasteiger partial charge >= 0.3 is 0 Å². The fourth-order valence-corrected chi connectivity index (χ4v) is 1.58. The second kappa shape index (κ2) is 5.35. The van der Waals surface area contributed by atoms with Crippen molar-refractivity contribution in [3.63, 3.8) is 0 Å². The lowest BCUT2D eigenvalue weighted by molar-refractivity contribution is -0.385. The SMILES string of the molecule is O=[N+]([O-])c1cc(F)cc(Nc2c(F)c(F)cc(F)c2F)c1. The summed E-state index contributed by atoms with van der Waals surface area (Å²) in [5.41, 5.74) is -2.35. The third-order valence-electron chi connectivity index (χ3n) is 2.47. The van der Waals surface area contributed by atoms with Crippen LogP contribution in [0.1, 0.15) is 0 Å². The Morgan fingerprint density at radius 3 is 2.00 bits per heavy atom. The summed E-state index contributed by atoms with van der Waals surface area (Å²) in [6.45, 7) is 0. The zero-order valence-electron chi connectivity index (χ0n) is 9.96. The molecule has 0 amide bonds. The van der Waals surface area contributed by atoms with Gasteiger partial charge in [0.05, 0.1) is 11.0 Å². The van der Waals surface area contributed by atoms with E-state index >= 15 is 0 Å². The summed E-state index contributed by atoms with van der Waals surface area (Å²) in [4.78, 5) is 9.61. The summed E-state index contributed by atoms with van der Waals surface area (Å²) in [5.74, 6) is -7.87. The van der Waals surface area contributed by atoms with Crippen molar-refractivity contribution >= 4 is 17.1 Å². The Labute approximate surface area is 114 Å². The predicted octanol–water partition coefficient (Wildman–Crippen LogP) is 4.03. The Morgan fingerprint density at radius 1 is 0.905 bits per heavy atom. The molecule has 110 valence electrons. The van der Waals surface area contributed by atoms with Crippen molar-refractivity contribution in [1.82, 2.24) is 0 Å². The maximum absolute atomic E-state index is 13.4. The number of nitro groups is 1. The number of nitro benzene ring substituents is 1. The van der Waals surface area contributed by atoms with Crippen LogP contribution in [-0.4, -0.2) is 4.92 Å². The smallest absolute Gasteiger partial charge is 0.274 e. The van der Waals surface area contributed by atoms with Gasteiger partial charge in [0.25, 0.3) is 5.69 Å². The normalized spacial score (nSPS) is 10.5. The molecule has 0 aliphatic carbocycles. The minimum atomic E-state index is -1.74. The molecule has 0 atom stereocenters. The molecular formula is C12H5F5N2O2. The molecular weight excluding hydrogens is 299 g/mol. The van der Waals surface area contributed by atoms with Gasteiger partial charge in [-0.25, -0.2) is 22.0 Å². The lowest BCUT2D eigenvalue weighted by Crippen LogP contribution is -2.03. The molecule has 0 aliphatic rings. The molecule has 2 aromatic carbocycles. The van der Waals surface area contributed by atoms with Gasteiger partial charge in [-0.1, -0.05) is 0 Å². The Morgan fingerprint density at radius 2 is 1.48 bits per heavy atom. The number of non-ortho nitro benzene ring substituents is 1. The monoisotopic (exact) mass is 304 g/mol. The summed E-state index contributed by atoms with van der Waals surface area (Å²) < 4.78 is 66.0. The Hall–Kier alpha value is -2.71. The molecule has 0 fully saturated rings. The lowest BCUT2D eigenvalue weighted by atomic mass is 10.2. The fourth-order valence-electron chi connectivity index (χ4n) is 1.58. The number of anilines is 2. The first kappa shape index (κ1) is 14.7. The molecule has 0 heterocycles. The molecule has 2 aromatic rings. The van der Waals surface area contributed by atoms with Crippen LogP contribution in [0, 0.1) is 39.2 Å². The molecule has 0 saturated heterocycles. The summed E-state index contributed by atoms with van der Waals surface area (Å²) in [6.07, 6.45) is 0. The maximum Gasteiger partial charge on any atom is 0.274 e. The first-order valence-electron chi connectivity index (χ1n) is 5.34. The van der Waals surface area contributed by atoms with Crippen LogP contribution in [0.15, 0.2) is 24.3 Å². The van der Waals surface area contributed by atoms with Crippen molar-refractivity contribution < 1.29 is 26.9 Å². The molecule has 9 heteroatoms. The van der Waals surface area contributed by atoms with E-state index in [4.69, 9.17) is 0 Å². The average Bonchev–Trinajstić information content (AvgIpc) is 2.41. The van der Waals surface area contributed by atoms with Gasteiger partial charge in [0, 0.05) is 17.8 Å². The highest BCUT2D eigenvalue weighted by molar-refractivity contribution is 5.63. The van der Waals surface area contributed by atoms with Crippen LogP contribution in [0.4, 0.5) is 39.0 Å². The zero-order valence-corrected chi connectivity index (χ0v) is 9.96. The topological polar surface area (TPSA) is 55.2 Å². The molecule has 1 N–H and O–H groups in total. The number of hydrogen-bond acceptors (Lipinski definition) is 3. The second-order valence-electron chi connectivity index (χ2n) is 3.92. The largest absolute Gasteiger partial charge is 0.350 e. The molecule has 0 unspecified atom stereocenters. The summed E-state index contributed by atoms with van der Waals surface area (Å²) in [5, 5.41) is 12.4. The van der Waals surface area contributed by atoms with E-state index in [0.29, 0.717) is 12.1 Å². The predicted molar refractivity (Wildman–Crippen MR) is 62.6 cm³/mol. The van der Waals surface area contributed by atoms with E-state index in [0.717, 1.165) is 6.07 Å². The van der Waals surface area contributed by atoms with Crippen molar-refractivity contribution in [2.75, 3.05) is 5.32 Å². The van der Waals surface area contributed by atoms with Crippen LogP contribution in [0.2, 0.25) is 0 Å². The van der Waals surface area contributed by atoms with Gasteiger partial charge in [-0.3, -0.25) is 10.1 Å². The molecule has 0 aliphatic heterocycles. The molecule has 0 saturated carbocycles. The third kappa shape index (κ3) is 2.91. The minimum Gasteiger partial charge on any atom is -0.350 e. The molecule has 0 aromatic heterocycles. The van der Waals surface area contributed by atoms with Gasteiger partial charge in [-0.15, -0.1) is 0 Å². The second-order valence-corrected chi connectivity index (χ2v) is 3.92. The average molecular weight is 304 g/mol. The van der Waals surface area contributed by atoms with Crippen molar-refractivity contribution in [3.05, 3.63) is 63.5 Å². The van der Waals surface area contributed by atoms with Crippen LogP contribution >= 0.6 is 0 Å². The summed E-state index contributed by atoms with van der Waals surface area (Å²) in [6, 6.07) is 2.01. The molecule has 4 nitrogen and oxygen atoms in total. The Kier molecular flexibility index (Phi) is 3.74. The fraction of sp³-hybridized carbons (Fsp3) is 0. The van der Waals surface area contributed by atoms with Crippen molar-refractivity contribution in [2.24, 2.45) is 0 Å². The van der Waals surface area contributed by atoms with Crippen LogP contribution in [-0.2, 0) is 0 Å². The zero-order chi connectivity index (χ0) is 15.7. The van der Waals surface area contributed by atoms with Gasteiger partial charge in [0.1, 0.15) is 11.5 Å². The van der Waals surface area contributed by atoms with E-state index in [1.54, 1.807) is 0 Å². The quantitative estimate of drug-likeness (QED) is 0.403.